The summed E-state index contributed by atoms with van der Waals surface area (Å²) in [5.74, 6) is -0.511. The van der Waals surface area contributed by atoms with Gasteiger partial charge in [0.25, 0.3) is 0 Å². The lowest BCUT2D eigenvalue weighted by Gasteiger charge is -2.00. The van der Waals surface area contributed by atoms with Crippen LogP contribution < -0.4 is 0 Å². The molecule has 0 unspecified atom stereocenters. The summed E-state index contributed by atoms with van der Waals surface area (Å²) in [7, 11) is 0. The van der Waals surface area contributed by atoms with Crippen LogP contribution in [-0.4, -0.2) is 11.1 Å². The normalized spacial score (nSPS) is 10.6. The van der Waals surface area contributed by atoms with Crippen LogP contribution in [0.4, 0.5) is 0 Å². The average molecular weight is 252 g/mol. The smallest absolute Gasteiger partial charge is 0.371 e. The lowest BCUT2D eigenvalue weighted by atomic mass is 10.2. The number of hydrogen-bond donors (Lipinski definition) is 1. The van der Waals surface area contributed by atoms with Crippen LogP contribution in [-0.2, 0) is 18.0 Å². The lowest BCUT2D eigenvalue weighted by Crippen LogP contribution is -1.93. The minimum Gasteiger partial charge on any atom is -0.475 e. The van der Waals surface area contributed by atoms with Crippen LogP contribution in [0, 0.1) is 6.92 Å². The maximum Gasteiger partial charge on any atom is 0.371 e. The van der Waals surface area contributed by atoms with Crippen molar-refractivity contribution in [3.8, 4) is 0 Å². The van der Waals surface area contributed by atoms with Crippen LogP contribution in [0.15, 0.2) is 28.0 Å². The molecule has 2 aromatic heterocycles. The Balaban J connectivity index is 1.92. The predicted molar refractivity (Wildman–Crippen MR) is 63.2 cm³/mol. The second-order valence-electron chi connectivity index (χ2n) is 3.57. The third-order valence-corrected chi connectivity index (χ3v) is 3.16. The Hall–Kier alpha value is -1.59. The highest BCUT2D eigenvalue weighted by Gasteiger charge is 2.12. The summed E-state index contributed by atoms with van der Waals surface area (Å²) in [5.41, 5.74) is 0.777. The molecule has 0 radical (unpaired) electrons. The highest BCUT2D eigenvalue weighted by Crippen LogP contribution is 2.17. The first kappa shape index (κ1) is 11.9. The topological polar surface area (TPSA) is 59.7 Å². The predicted octanol–water partition coefficient (Wildman–Crippen LogP) is 3.06. The number of carboxylic acid groups (broad SMARTS) is 1. The average Bonchev–Trinajstić information content (AvgIpc) is 2.89. The van der Waals surface area contributed by atoms with Crippen molar-refractivity contribution in [3.63, 3.8) is 0 Å². The van der Waals surface area contributed by atoms with Crippen LogP contribution >= 0.6 is 11.3 Å². The van der Waals surface area contributed by atoms with Gasteiger partial charge in [0.1, 0.15) is 5.76 Å². The van der Waals surface area contributed by atoms with E-state index in [0.29, 0.717) is 19.0 Å². The molecule has 0 saturated heterocycles. The molecule has 0 bridgehead atoms. The summed E-state index contributed by atoms with van der Waals surface area (Å²) >= 11 is 1.63. The Morgan fingerprint density at radius 1 is 1.53 bits per heavy atom. The first-order valence-electron chi connectivity index (χ1n) is 5.09. The van der Waals surface area contributed by atoms with Crippen LogP contribution in [0.1, 0.15) is 26.8 Å². The summed E-state index contributed by atoms with van der Waals surface area (Å²) in [6, 6.07) is 5.47. The summed E-state index contributed by atoms with van der Waals surface area (Å²) in [4.78, 5) is 11.8. The molecule has 0 aliphatic rings. The van der Waals surface area contributed by atoms with E-state index in [4.69, 9.17) is 14.3 Å². The van der Waals surface area contributed by atoms with Gasteiger partial charge >= 0.3 is 5.97 Å². The molecule has 2 aromatic rings. The first-order valence-corrected chi connectivity index (χ1v) is 5.97. The Kier molecular flexibility index (Phi) is 3.61. The zero-order valence-corrected chi connectivity index (χ0v) is 10.1. The van der Waals surface area contributed by atoms with Gasteiger partial charge in [0.05, 0.1) is 13.2 Å². The largest absolute Gasteiger partial charge is 0.475 e. The van der Waals surface area contributed by atoms with E-state index in [1.165, 1.54) is 6.07 Å². The Morgan fingerprint density at radius 2 is 2.35 bits per heavy atom. The SMILES string of the molecule is Cc1oc(C(=O)O)cc1COCc1cccs1. The van der Waals surface area contributed by atoms with E-state index >= 15 is 0 Å². The summed E-state index contributed by atoms with van der Waals surface area (Å²) in [6.45, 7) is 2.63. The van der Waals surface area contributed by atoms with Gasteiger partial charge in [-0.3, -0.25) is 0 Å². The van der Waals surface area contributed by atoms with E-state index in [2.05, 4.69) is 0 Å². The highest BCUT2D eigenvalue weighted by atomic mass is 32.1. The highest BCUT2D eigenvalue weighted by molar-refractivity contribution is 7.09. The van der Waals surface area contributed by atoms with Gasteiger partial charge < -0.3 is 14.3 Å². The number of rotatable bonds is 5. The standard InChI is InChI=1S/C12H12O4S/c1-8-9(5-11(16-8)12(13)14)6-15-7-10-3-2-4-17-10/h2-5H,6-7H2,1H3,(H,13,14). The lowest BCUT2D eigenvalue weighted by molar-refractivity contribution is 0.0661. The fourth-order valence-electron chi connectivity index (χ4n) is 1.42. The van der Waals surface area contributed by atoms with Gasteiger partial charge in [-0.25, -0.2) is 4.79 Å². The number of carboxylic acids is 1. The van der Waals surface area contributed by atoms with Crippen molar-refractivity contribution in [1.82, 2.24) is 0 Å². The number of aromatic carboxylic acids is 1. The first-order chi connectivity index (χ1) is 8.16. The fraction of sp³-hybridized carbons (Fsp3) is 0.250. The summed E-state index contributed by atoms with van der Waals surface area (Å²) in [5, 5.41) is 10.8. The summed E-state index contributed by atoms with van der Waals surface area (Å²) < 4.78 is 10.6. The quantitative estimate of drug-likeness (QED) is 0.888. The Labute approximate surface area is 102 Å². The van der Waals surface area contributed by atoms with Crippen LogP contribution in [0.2, 0.25) is 0 Å². The Morgan fingerprint density at radius 3 is 2.94 bits per heavy atom. The molecule has 0 aliphatic heterocycles. The molecule has 0 amide bonds. The molecule has 0 aliphatic carbocycles. The third kappa shape index (κ3) is 2.95. The number of furan rings is 1. The van der Waals surface area contributed by atoms with Crippen molar-refractivity contribution in [2.45, 2.75) is 20.1 Å². The second-order valence-corrected chi connectivity index (χ2v) is 4.60. The molecule has 0 fully saturated rings. The third-order valence-electron chi connectivity index (χ3n) is 2.31. The van der Waals surface area contributed by atoms with Gasteiger partial charge in [-0.05, 0) is 24.4 Å². The molecule has 0 saturated carbocycles. The monoisotopic (exact) mass is 252 g/mol. The number of carbonyl (C=O) groups is 1. The number of thiophene rings is 1. The molecule has 2 heterocycles. The van der Waals surface area contributed by atoms with E-state index < -0.39 is 5.97 Å². The van der Waals surface area contributed by atoms with Gasteiger partial charge in [0, 0.05) is 10.4 Å². The molecule has 2 rings (SSSR count). The van der Waals surface area contributed by atoms with Crippen molar-refractivity contribution in [2.24, 2.45) is 0 Å². The molecule has 1 N–H and O–H groups in total. The van der Waals surface area contributed by atoms with Crippen molar-refractivity contribution in [2.75, 3.05) is 0 Å². The Bertz CT molecular complexity index is 499. The molecule has 4 nitrogen and oxygen atoms in total. The van der Waals surface area contributed by atoms with Gasteiger partial charge in [-0.1, -0.05) is 6.07 Å². The summed E-state index contributed by atoms with van der Waals surface area (Å²) in [6.07, 6.45) is 0. The van der Waals surface area contributed by atoms with Crippen LogP contribution in [0.5, 0.6) is 0 Å². The zero-order chi connectivity index (χ0) is 12.3. The minimum atomic E-state index is -1.06. The number of hydrogen-bond acceptors (Lipinski definition) is 4. The van der Waals surface area contributed by atoms with Gasteiger partial charge in [-0.2, -0.15) is 0 Å². The van der Waals surface area contributed by atoms with E-state index in [-0.39, 0.29) is 5.76 Å². The number of ether oxygens (including phenoxy) is 1. The molecule has 17 heavy (non-hydrogen) atoms. The van der Waals surface area contributed by atoms with E-state index in [0.717, 1.165) is 10.4 Å². The fourth-order valence-corrected chi connectivity index (χ4v) is 2.07. The van der Waals surface area contributed by atoms with Gasteiger partial charge in [0.2, 0.25) is 5.76 Å². The molecular weight excluding hydrogens is 240 g/mol. The van der Waals surface area contributed by atoms with Crippen molar-refractivity contribution < 1.29 is 19.1 Å². The molecule has 0 spiro atoms. The molecule has 0 aromatic carbocycles. The molecule has 5 heteroatoms. The number of aryl methyl sites for hydroxylation is 1. The zero-order valence-electron chi connectivity index (χ0n) is 9.30. The maximum absolute atomic E-state index is 10.7. The molecule has 90 valence electrons. The van der Waals surface area contributed by atoms with Crippen LogP contribution in [0.25, 0.3) is 0 Å². The van der Waals surface area contributed by atoms with Crippen molar-refractivity contribution in [1.29, 1.82) is 0 Å². The van der Waals surface area contributed by atoms with E-state index in [1.54, 1.807) is 18.3 Å². The van der Waals surface area contributed by atoms with E-state index in [1.807, 2.05) is 17.5 Å². The van der Waals surface area contributed by atoms with Crippen LogP contribution in [0.3, 0.4) is 0 Å². The van der Waals surface area contributed by atoms with Gasteiger partial charge in [0.15, 0.2) is 0 Å². The second kappa shape index (κ2) is 5.16. The minimum absolute atomic E-state index is 0.0442. The van der Waals surface area contributed by atoms with Crippen molar-refractivity contribution >= 4 is 17.3 Å². The van der Waals surface area contributed by atoms with Gasteiger partial charge in [-0.15, -0.1) is 11.3 Å². The maximum atomic E-state index is 10.7. The molecular formula is C12H12O4S. The van der Waals surface area contributed by atoms with E-state index in [9.17, 15) is 4.79 Å². The molecule has 0 atom stereocenters. The van der Waals surface area contributed by atoms with Crippen molar-refractivity contribution in [3.05, 3.63) is 45.5 Å².